The van der Waals surface area contributed by atoms with Gasteiger partial charge in [0.25, 0.3) is 0 Å². The first-order chi connectivity index (χ1) is 8.64. The van der Waals surface area contributed by atoms with Gasteiger partial charge in [0.2, 0.25) is 11.8 Å². The molecule has 2 amide bonds. The fourth-order valence-electron chi connectivity index (χ4n) is 1.53. The van der Waals surface area contributed by atoms with Gasteiger partial charge in [0.1, 0.15) is 0 Å². The van der Waals surface area contributed by atoms with Gasteiger partial charge in [-0.25, -0.2) is 0 Å². The summed E-state index contributed by atoms with van der Waals surface area (Å²) in [6.07, 6.45) is 1.54. The maximum atomic E-state index is 11.8. The van der Waals surface area contributed by atoms with E-state index in [-0.39, 0.29) is 30.4 Å². The molecular weight excluding hydrogens is 244 g/mol. The molecule has 0 fully saturated rings. The molecule has 0 aliphatic carbocycles. The van der Waals surface area contributed by atoms with Crippen molar-refractivity contribution < 1.29 is 14.7 Å². The van der Waals surface area contributed by atoms with Gasteiger partial charge < -0.3 is 15.7 Å². The lowest BCUT2D eigenvalue weighted by atomic mass is 9.94. The van der Waals surface area contributed by atoms with Crippen LogP contribution in [-0.2, 0) is 9.59 Å². The summed E-state index contributed by atoms with van der Waals surface area (Å²) in [5.41, 5.74) is -0.814. The molecule has 0 heterocycles. The van der Waals surface area contributed by atoms with Gasteiger partial charge in [-0.05, 0) is 19.8 Å². The lowest BCUT2D eigenvalue weighted by Gasteiger charge is -2.29. The molecule has 1 unspecified atom stereocenters. The van der Waals surface area contributed by atoms with E-state index in [0.717, 1.165) is 6.42 Å². The van der Waals surface area contributed by atoms with Crippen molar-refractivity contribution in [2.24, 2.45) is 5.41 Å². The highest BCUT2D eigenvalue weighted by atomic mass is 16.3. The molecule has 0 saturated carbocycles. The summed E-state index contributed by atoms with van der Waals surface area (Å²) in [5.74, 6) is -0.166. The SMILES string of the molecule is CCC(C)(CCO)NC(=O)CCNC(=O)C(C)(C)C. The third-order valence-electron chi connectivity index (χ3n) is 3.20. The second kappa shape index (κ2) is 7.48. The Morgan fingerprint density at radius 3 is 2.16 bits per heavy atom. The Labute approximate surface area is 116 Å². The van der Waals surface area contributed by atoms with Gasteiger partial charge in [-0.3, -0.25) is 9.59 Å². The van der Waals surface area contributed by atoms with Gasteiger partial charge in [-0.15, -0.1) is 0 Å². The van der Waals surface area contributed by atoms with Crippen molar-refractivity contribution in [3.8, 4) is 0 Å². The van der Waals surface area contributed by atoms with E-state index in [4.69, 9.17) is 5.11 Å². The van der Waals surface area contributed by atoms with Crippen molar-refractivity contribution >= 4 is 11.8 Å². The Morgan fingerprint density at radius 1 is 1.16 bits per heavy atom. The molecule has 0 bridgehead atoms. The van der Waals surface area contributed by atoms with Gasteiger partial charge in [0, 0.05) is 30.5 Å². The number of aliphatic hydroxyl groups is 1. The summed E-state index contributed by atoms with van der Waals surface area (Å²) in [7, 11) is 0. The van der Waals surface area contributed by atoms with E-state index in [1.54, 1.807) is 0 Å². The third-order valence-corrected chi connectivity index (χ3v) is 3.20. The van der Waals surface area contributed by atoms with Gasteiger partial charge >= 0.3 is 0 Å². The highest BCUT2D eigenvalue weighted by Crippen LogP contribution is 2.14. The summed E-state index contributed by atoms with van der Waals surface area (Å²) >= 11 is 0. The first-order valence-electron chi connectivity index (χ1n) is 6.85. The van der Waals surface area contributed by atoms with E-state index in [1.807, 2.05) is 34.6 Å². The Kier molecular flexibility index (Phi) is 7.05. The summed E-state index contributed by atoms with van der Waals surface area (Å²) in [4.78, 5) is 23.4. The van der Waals surface area contributed by atoms with Crippen molar-refractivity contribution in [3.05, 3.63) is 0 Å². The van der Waals surface area contributed by atoms with Crippen LogP contribution in [-0.4, -0.2) is 35.6 Å². The van der Waals surface area contributed by atoms with Crippen LogP contribution in [0.5, 0.6) is 0 Å². The van der Waals surface area contributed by atoms with E-state index in [9.17, 15) is 9.59 Å². The quantitative estimate of drug-likeness (QED) is 0.652. The molecule has 0 radical (unpaired) electrons. The molecule has 0 aromatic rings. The predicted molar refractivity (Wildman–Crippen MR) is 75.6 cm³/mol. The maximum Gasteiger partial charge on any atom is 0.225 e. The maximum absolute atomic E-state index is 11.8. The van der Waals surface area contributed by atoms with Crippen molar-refractivity contribution in [2.75, 3.05) is 13.2 Å². The zero-order valence-electron chi connectivity index (χ0n) is 12.8. The van der Waals surface area contributed by atoms with E-state index >= 15 is 0 Å². The number of amides is 2. The van der Waals surface area contributed by atoms with Crippen LogP contribution < -0.4 is 10.6 Å². The van der Waals surface area contributed by atoms with Crippen molar-refractivity contribution in [2.45, 2.75) is 59.4 Å². The highest BCUT2D eigenvalue weighted by Gasteiger charge is 2.24. The molecule has 0 aliphatic heterocycles. The Bertz CT molecular complexity index is 310. The highest BCUT2D eigenvalue weighted by molar-refractivity contribution is 5.82. The monoisotopic (exact) mass is 272 g/mol. The van der Waals surface area contributed by atoms with Crippen LogP contribution in [0.2, 0.25) is 0 Å². The van der Waals surface area contributed by atoms with Crippen LogP contribution in [0, 0.1) is 5.41 Å². The Balaban J connectivity index is 4.09. The van der Waals surface area contributed by atoms with Crippen LogP contribution in [0.4, 0.5) is 0 Å². The smallest absolute Gasteiger partial charge is 0.225 e. The first kappa shape index (κ1) is 17.9. The molecule has 0 aromatic heterocycles. The second-order valence-electron chi connectivity index (χ2n) is 6.19. The Morgan fingerprint density at radius 2 is 1.74 bits per heavy atom. The average Bonchev–Trinajstić information content (AvgIpc) is 2.27. The molecule has 5 heteroatoms. The van der Waals surface area contributed by atoms with Gasteiger partial charge in [-0.2, -0.15) is 0 Å². The van der Waals surface area contributed by atoms with E-state index < -0.39 is 5.41 Å². The van der Waals surface area contributed by atoms with Crippen LogP contribution in [0.1, 0.15) is 53.9 Å². The zero-order chi connectivity index (χ0) is 15.1. The standard InChI is InChI=1S/C14H28N2O3/c1-6-14(5,8-10-17)16-11(18)7-9-15-12(19)13(2,3)4/h17H,6-10H2,1-5H3,(H,15,19)(H,16,18). The van der Waals surface area contributed by atoms with Crippen molar-refractivity contribution in [1.29, 1.82) is 0 Å². The molecule has 0 aliphatic rings. The van der Waals surface area contributed by atoms with Crippen molar-refractivity contribution in [3.63, 3.8) is 0 Å². The molecule has 0 aromatic carbocycles. The minimum atomic E-state index is -0.439. The number of hydrogen-bond acceptors (Lipinski definition) is 3. The van der Waals surface area contributed by atoms with Crippen LogP contribution >= 0.6 is 0 Å². The minimum Gasteiger partial charge on any atom is -0.396 e. The fraction of sp³-hybridized carbons (Fsp3) is 0.857. The molecule has 0 spiro atoms. The summed E-state index contributed by atoms with van der Waals surface area (Å²) < 4.78 is 0. The van der Waals surface area contributed by atoms with E-state index in [0.29, 0.717) is 13.0 Å². The number of hydrogen-bond donors (Lipinski definition) is 3. The molecule has 3 N–H and O–H groups in total. The Hall–Kier alpha value is -1.10. The van der Waals surface area contributed by atoms with Gasteiger partial charge in [0.05, 0.1) is 0 Å². The topological polar surface area (TPSA) is 78.4 Å². The number of carbonyl (C=O) groups is 2. The van der Waals surface area contributed by atoms with E-state index in [1.165, 1.54) is 0 Å². The molecular formula is C14H28N2O3. The average molecular weight is 272 g/mol. The molecule has 112 valence electrons. The normalized spacial score (nSPS) is 14.6. The predicted octanol–water partition coefficient (Wildman–Crippen LogP) is 1.21. The summed E-state index contributed by atoms with van der Waals surface area (Å²) in [5, 5.41) is 14.6. The first-order valence-corrected chi connectivity index (χ1v) is 6.85. The molecule has 5 nitrogen and oxygen atoms in total. The molecule has 0 rings (SSSR count). The summed E-state index contributed by atoms with van der Waals surface area (Å²) in [6, 6.07) is 0. The number of aliphatic hydroxyl groups excluding tert-OH is 1. The number of rotatable bonds is 7. The van der Waals surface area contributed by atoms with Gasteiger partial charge in [0.15, 0.2) is 0 Å². The zero-order valence-corrected chi connectivity index (χ0v) is 12.8. The van der Waals surface area contributed by atoms with Crippen LogP contribution in [0.3, 0.4) is 0 Å². The fourth-order valence-corrected chi connectivity index (χ4v) is 1.53. The molecule has 19 heavy (non-hydrogen) atoms. The lowest BCUT2D eigenvalue weighted by molar-refractivity contribution is -0.128. The molecule has 1 atom stereocenters. The van der Waals surface area contributed by atoms with Crippen molar-refractivity contribution in [1.82, 2.24) is 10.6 Å². The van der Waals surface area contributed by atoms with E-state index in [2.05, 4.69) is 10.6 Å². The number of carbonyl (C=O) groups excluding carboxylic acids is 2. The van der Waals surface area contributed by atoms with Crippen LogP contribution in [0.15, 0.2) is 0 Å². The van der Waals surface area contributed by atoms with Crippen LogP contribution in [0.25, 0.3) is 0 Å². The number of nitrogens with one attached hydrogen (secondary N) is 2. The lowest BCUT2D eigenvalue weighted by Crippen LogP contribution is -2.47. The largest absolute Gasteiger partial charge is 0.396 e. The second-order valence-corrected chi connectivity index (χ2v) is 6.19. The van der Waals surface area contributed by atoms with Gasteiger partial charge in [-0.1, -0.05) is 27.7 Å². The minimum absolute atomic E-state index is 0.0470. The summed E-state index contributed by atoms with van der Waals surface area (Å²) in [6.45, 7) is 9.76. The molecule has 0 saturated heterocycles. The third kappa shape index (κ3) is 7.15.